The first-order valence-corrected chi connectivity index (χ1v) is 8.97. The first-order chi connectivity index (χ1) is 7.47. The van der Waals surface area contributed by atoms with E-state index in [1.165, 1.54) is 12.1 Å². The molecule has 0 spiro atoms. The number of aliphatic imine (C=N–C) groups is 1. The molecule has 1 atom stereocenters. The number of benzene rings is 1. The van der Waals surface area contributed by atoms with Gasteiger partial charge in [0.2, 0.25) is 0 Å². The Hall–Kier alpha value is -0.311. The number of hydrogen-bond donors (Lipinski definition) is 0. The molecular weight excluding hydrogens is 288 g/mol. The van der Waals surface area contributed by atoms with Crippen molar-refractivity contribution in [2.75, 3.05) is 0 Å². The van der Waals surface area contributed by atoms with Crippen molar-refractivity contribution in [3.63, 3.8) is 0 Å². The molecule has 2 rings (SSSR count). The molecule has 1 aromatic carbocycles. The van der Waals surface area contributed by atoms with Crippen molar-refractivity contribution in [2.45, 2.75) is 25.7 Å². The van der Waals surface area contributed by atoms with Gasteiger partial charge in [0.25, 0.3) is 0 Å². The minimum absolute atomic E-state index is 0.190. The Kier molecular flexibility index (Phi) is 3.43. The average Bonchev–Trinajstić information content (AvgIpc) is 2.67. The second-order valence-corrected chi connectivity index (χ2v) is 8.78. The van der Waals surface area contributed by atoms with Crippen LogP contribution in [0.2, 0.25) is 0 Å². The van der Waals surface area contributed by atoms with E-state index in [9.17, 15) is 4.39 Å². The van der Waals surface area contributed by atoms with Crippen molar-refractivity contribution in [1.29, 1.82) is 0 Å². The molecule has 0 aliphatic carbocycles. The Balaban J connectivity index is 2.21. The Morgan fingerprint density at radius 2 is 1.88 bits per heavy atom. The predicted octanol–water partition coefficient (Wildman–Crippen LogP) is 3.31. The third-order valence-corrected chi connectivity index (χ3v) is 7.51. The van der Waals surface area contributed by atoms with Crippen LogP contribution in [-0.2, 0) is 0 Å². The third kappa shape index (κ3) is 2.68. The van der Waals surface area contributed by atoms with Gasteiger partial charge in [-0.2, -0.15) is 0 Å². The van der Waals surface area contributed by atoms with Crippen LogP contribution < -0.4 is 0 Å². The van der Waals surface area contributed by atoms with E-state index in [0.29, 0.717) is 18.8 Å². The molecule has 16 heavy (non-hydrogen) atoms. The zero-order valence-corrected chi connectivity index (χ0v) is 12.1. The summed E-state index contributed by atoms with van der Waals surface area (Å²) in [5.41, 5.74) is 1.27. The van der Waals surface area contributed by atoms with Crippen molar-refractivity contribution >= 4 is 29.1 Å². The standard InChI is InChI=1S/C12H14FNSSe/c1-12(2,3)11-14-10(15-16-11)8-4-6-9(13)7-5-8/h4-7,11H,1-3H3. The molecule has 0 bridgehead atoms. The van der Waals surface area contributed by atoms with Gasteiger partial charge in [-0.05, 0) is 0 Å². The van der Waals surface area contributed by atoms with Crippen LogP contribution in [0.5, 0.6) is 0 Å². The van der Waals surface area contributed by atoms with E-state index in [0.717, 1.165) is 10.6 Å². The second kappa shape index (κ2) is 4.52. The van der Waals surface area contributed by atoms with E-state index < -0.39 is 0 Å². The summed E-state index contributed by atoms with van der Waals surface area (Å²) in [6, 6.07) is 6.61. The van der Waals surface area contributed by atoms with E-state index in [-0.39, 0.29) is 11.2 Å². The molecule has 0 aromatic heterocycles. The second-order valence-electron chi connectivity index (χ2n) is 4.84. The molecule has 1 unspecified atom stereocenters. The van der Waals surface area contributed by atoms with Gasteiger partial charge in [0.15, 0.2) is 0 Å². The van der Waals surface area contributed by atoms with Gasteiger partial charge < -0.3 is 0 Å². The first-order valence-electron chi connectivity index (χ1n) is 5.14. The molecule has 0 amide bonds. The first kappa shape index (κ1) is 12.2. The van der Waals surface area contributed by atoms with E-state index in [4.69, 9.17) is 4.99 Å². The summed E-state index contributed by atoms with van der Waals surface area (Å²) in [7, 11) is 1.83. The fourth-order valence-corrected chi connectivity index (χ4v) is 6.67. The van der Waals surface area contributed by atoms with Crippen molar-refractivity contribution in [2.24, 2.45) is 10.4 Å². The SMILES string of the molecule is CC(C)(C)C1N=C(c2ccc(F)cc2)S[Se]1. The normalized spacial score (nSPS) is 21.0. The maximum absolute atomic E-state index is 12.8. The van der Waals surface area contributed by atoms with Crippen LogP contribution in [-0.4, -0.2) is 23.8 Å². The summed E-state index contributed by atoms with van der Waals surface area (Å²) in [6.07, 6.45) is 0. The molecule has 0 saturated carbocycles. The summed E-state index contributed by atoms with van der Waals surface area (Å²) in [5, 5.41) is 1.07. The predicted molar refractivity (Wildman–Crippen MR) is 69.5 cm³/mol. The Labute approximate surface area is 105 Å². The van der Waals surface area contributed by atoms with Gasteiger partial charge in [0, 0.05) is 0 Å². The maximum atomic E-state index is 12.8. The molecule has 1 aliphatic heterocycles. The molecule has 0 fully saturated rings. The van der Waals surface area contributed by atoms with Gasteiger partial charge in [-0.1, -0.05) is 0 Å². The van der Waals surface area contributed by atoms with E-state index >= 15 is 0 Å². The van der Waals surface area contributed by atoms with Gasteiger partial charge in [0.05, 0.1) is 0 Å². The van der Waals surface area contributed by atoms with Crippen LogP contribution in [0.3, 0.4) is 0 Å². The van der Waals surface area contributed by atoms with Crippen molar-refractivity contribution in [3.8, 4) is 0 Å². The van der Waals surface area contributed by atoms with Crippen LogP contribution >= 0.6 is 10.2 Å². The van der Waals surface area contributed by atoms with Gasteiger partial charge in [0.1, 0.15) is 0 Å². The molecule has 1 aromatic rings. The summed E-state index contributed by atoms with van der Waals surface area (Å²) in [4.78, 5) is 5.17. The average molecular weight is 302 g/mol. The van der Waals surface area contributed by atoms with Crippen molar-refractivity contribution in [3.05, 3.63) is 35.6 Å². The minimum atomic E-state index is -0.190. The Morgan fingerprint density at radius 1 is 1.25 bits per heavy atom. The molecular formula is C12H14FNSSe. The van der Waals surface area contributed by atoms with Crippen LogP contribution in [0.4, 0.5) is 4.39 Å². The molecule has 0 N–H and O–H groups in total. The zero-order chi connectivity index (χ0) is 11.8. The third-order valence-electron chi connectivity index (χ3n) is 2.28. The summed E-state index contributed by atoms with van der Waals surface area (Å²) < 4.78 is 12.8. The van der Waals surface area contributed by atoms with Crippen LogP contribution in [0.25, 0.3) is 0 Å². The summed E-state index contributed by atoms with van der Waals surface area (Å²) in [6.45, 7) is 6.66. The van der Waals surface area contributed by atoms with E-state index in [1.807, 2.05) is 22.3 Å². The number of nitrogens with zero attached hydrogens (tertiary/aromatic N) is 1. The number of hydrogen-bond acceptors (Lipinski definition) is 2. The zero-order valence-electron chi connectivity index (χ0n) is 9.53. The fourth-order valence-electron chi connectivity index (χ4n) is 1.29. The number of rotatable bonds is 1. The molecule has 0 saturated heterocycles. The van der Waals surface area contributed by atoms with Crippen LogP contribution in [0.1, 0.15) is 26.3 Å². The fraction of sp³-hybridized carbons (Fsp3) is 0.417. The molecule has 0 radical (unpaired) electrons. The molecule has 86 valence electrons. The molecule has 1 heterocycles. The molecule has 1 aliphatic rings. The molecule has 4 heteroatoms. The number of halogens is 1. The van der Waals surface area contributed by atoms with Crippen molar-refractivity contribution < 1.29 is 4.39 Å². The quantitative estimate of drug-likeness (QED) is 0.725. The topological polar surface area (TPSA) is 12.4 Å². The Morgan fingerprint density at radius 3 is 2.38 bits per heavy atom. The van der Waals surface area contributed by atoms with Gasteiger partial charge in [-0.15, -0.1) is 0 Å². The molecule has 1 nitrogen and oxygen atoms in total. The van der Waals surface area contributed by atoms with Gasteiger partial charge >= 0.3 is 105 Å². The van der Waals surface area contributed by atoms with Gasteiger partial charge in [-0.3, -0.25) is 0 Å². The van der Waals surface area contributed by atoms with E-state index in [2.05, 4.69) is 20.8 Å². The van der Waals surface area contributed by atoms with Crippen molar-refractivity contribution in [1.82, 2.24) is 0 Å². The van der Waals surface area contributed by atoms with Gasteiger partial charge in [-0.25, -0.2) is 0 Å². The monoisotopic (exact) mass is 303 g/mol. The summed E-state index contributed by atoms with van der Waals surface area (Å²) >= 11 is 0.460. The Bertz CT molecular complexity index is 408. The van der Waals surface area contributed by atoms with Crippen LogP contribution in [0.15, 0.2) is 29.3 Å². The van der Waals surface area contributed by atoms with Crippen LogP contribution in [0, 0.1) is 11.2 Å². The summed E-state index contributed by atoms with van der Waals surface area (Å²) in [5.74, 6) is -0.190. The van der Waals surface area contributed by atoms with E-state index in [1.54, 1.807) is 0 Å².